The van der Waals surface area contributed by atoms with Crippen molar-refractivity contribution in [3.05, 3.63) is 35.6 Å². The summed E-state index contributed by atoms with van der Waals surface area (Å²) in [5.41, 5.74) is 2.01. The predicted octanol–water partition coefficient (Wildman–Crippen LogP) is 2.44. The van der Waals surface area contributed by atoms with E-state index in [1.807, 2.05) is 31.2 Å². The summed E-state index contributed by atoms with van der Waals surface area (Å²) in [7, 11) is 0. The molecule has 0 saturated carbocycles. The molecule has 0 amide bonds. The van der Waals surface area contributed by atoms with Crippen molar-refractivity contribution >= 4 is 0 Å². The second-order valence-corrected chi connectivity index (χ2v) is 8.34. The van der Waals surface area contributed by atoms with Crippen LogP contribution in [0, 0.1) is 5.92 Å². The topological polar surface area (TPSA) is 38.7 Å². The molecule has 7 heteroatoms. The normalized spacial score (nSPS) is 32.5. The molecule has 27 heavy (non-hydrogen) atoms. The molecule has 4 aliphatic rings. The van der Waals surface area contributed by atoms with E-state index in [9.17, 15) is 18.3 Å². The van der Waals surface area contributed by atoms with Gasteiger partial charge in [0, 0.05) is 36.3 Å². The highest BCUT2D eigenvalue weighted by atomic mass is 19.4. The largest absolute Gasteiger partial charge is 0.405 e. The van der Waals surface area contributed by atoms with E-state index in [2.05, 4.69) is 10.2 Å². The van der Waals surface area contributed by atoms with Crippen LogP contribution in [0.4, 0.5) is 13.2 Å². The van der Waals surface area contributed by atoms with Crippen LogP contribution in [0.25, 0.3) is 0 Å². The van der Waals surface area contributed by atoms with Gasteiger partial charge in [0.25, 0.3) is 0 Å². The second kappa shape index (κ2) is 7.26. The van der Waals surface area contributed by atoms with Gasteiger partial charge in [-0.05, 0) is 50.9 Å². The van der Waals surface area contributed by atoms with Crippen molar-refractivity contribution < 1.29 is 18.3 Å². The molecule has 0 radical (unpaired) electrons. The molecule has 2 heterocycles. The summed E-state index contributed by atoms with van der Waals surface area (Å²) in [6, 6.07) is 0.300. The Morgan fingerprint density at radius 2 is 2.00 bits per heavy atom. The molecule has 2 N–H and O–H groups in total. The summed E-state index contributed by atoms with van der Waals surface area (Å²) >= 11 is 0. The minimum atomic E-state index is -4.19. The molecule has 2 saturated heterocycles. The molecule has 4 rings (SSSR count). The smallest absolute Gasteiger partial charge is 0.392 e. The van der Waals surface area contributed by atoms with Crippen molar-refractivity contribution in [2.24, 2.45) is 5.92 Å². The van der Waals surface area contributed by atoms with E-state index < -0.39 is 12.7 Å². The Bertz CT molecular complexity index is 647. The number of nitrogens with zero attached hydrogens (tertiary/aromatic N) is 2. The Balaban J connectivity index is 1.42. The van der Waals surface area contributed by atoms with E-state index in [4.69, 9.17) is 0 Å². The molecule has 2 aliphatic carbocycles. The number of aliphatic hydroxyl groups excluding tert-OH is 1. The van der Waals surface area contributed by atoms with Crippen LogP contribution < -0.4 is 5.32 Å². The van der Waals surface area contributed by atoms with Gasteiger partial charge in [-0.3, -0.25) is 0 Å². The van der Waals surface area contributed by atoms with Crippen molar-refractivity contribution in [3.63, 3.8) is 0 Å². The highest BCUT2D eigenvalue weighted by molar-refractivity contribution is 5.44. The van der Waals surface area contributed by atoms with Crippen LogP contribution in [-0.4, -0.2) is 71.5 Å². The van der Waals surface area contributed by atoms with E-state index in [1.54, 1.807) is 0 Å². The lowest BCUT2D eigenvalue weighted by molar-refractivity contribution is -0.142. The summed E-state index contributed by atoms with van der Waals surface area (Å²) in [4.78, 5) is 3.81. The number of piperidine rings is 1. The standard InChI is InChI=1S/C20H28F3N3O/c1-13(27)11-25-8-6-15(7-9-25)24-19-14-2-4-16-10-17(19)18(5-3-14)26(16)12-20(21,22)23/h2-5,13,15-17,19,24,27H,6-12H2,1H3. The van der Waals surface area contributed by atoms with Crippen molar-refractivity contribution in [2.75, 3.05) is 26.2 Å². The number of hydrogen-bond donors (Lipinski definition) is 2. The Labute approximate surface area is 158 Å². The number of aliphatic hydroxyl groups is 1. The van der Waals surface area contributed by atoms with Gasteiger partial charge in [-0.2, -0.15) is 13.2 Å². The predicted molar refractivity (Wildman–Crippen MR) is 98.0 cm³/mol. The van der Waals surface area contributed by atoms with Crippen LogP contribution >= 0.6 is 0 Å². The summed E-state index contributed by atoms with van der Waals surface area (Å²) in [5, 5.41) is 13.3. The van der Waals surface area contributed by atoms with Gasteiger partial charge in [0.1, 0.15) is 6.54 Å². The first-order valence-corrected chi connectivity index (χ1v) is 9.90. The third kappa shape index (κ3) is 4.10. The van der Waals surface area contributed by atoms with E-state index in [1.165, 1.54) is 10.5 Å². The number of rotatable bonds is 5. The summed E-state index contributed by atoms with van der Waals surface area (Å²) in [5.74, 6) is 0.114. The van der Waals surface area contributed by atoms with E-state index in [0.717, 1.165) is 38.0 Å². The molecule has 150 valence electrons. The molecule has 3 bridgehead atoms. The highest BCUT2D eigenvalue weighted by Gasteiger charge is 2.47. The molecular weight excluding hydrogens is 355 g/mol. The highest BCUT2D eigenvalue weighted by Crippen LogP contribution is 2.44. The molecule has 0 spiro atoms. The first-order chi connectivity index (χ1) is 12.8. The Kier molecular flexibility index (Phi) is 5.12. The molecule has 0 aromatic rings. The number of halogens is 3. The Hall–Kier alpha value is -1.31. The molecule has 2 fully saturated rings. The molecule has 4 atom stereocenters. The molecule has 2 aliphatic heterocycles. The lowest BCUT2D eigenvalue weighted by Crippen LogP contribution is -2.50. The minimum Gasteiger partial charge on any atom is -0.392 e. The lowest BCUT2D eigenvalue weighted by atomic mass is 9.85. The Morgan fingerprint density at radius 3 is 2.67 bits per heavy atom. The van der Waals surface area contributed by atoms with E-state index >= 15 is 0 Å². The number of alkyl halides is 3. The van der Waals surface area contributed by atoms with Crippen LogP contribution in [0.15, 0.2) is 35.6 Å². The lowest BCUT2D eigenvalue weighted by Gasteiger charge is -2.39. The zero-order valence-corrected chi connectivity index (χ0v) is 15.6. The quantitative estimate of drug-likeness (QED) is 0.765. The SMILES string of the molecule is CC(O)CN1CCC(NC2C3=CC=C4C2CC(C=C3)N4CC(F)(F)F)CC1. The fourth-order valence-corrected chi connectivity index (χ4v) is 5.04. The van der Waals surface area contributed by atoms with Crippen molar-refractivity contribution in [1.82, 2.24) is 15.1 Å². The third-order valence-electron chi connectivity index (χ3n) is 6.20. The Morgan fingerprint density at radius 1 is 1.26 bits per heavy atom. The number of hydrogen-bond acceptors (Lipinski definition) is 4. The van der Waals surface area contributed by atoms with Crippen LogP contribution in [-0.2, 0) is 0 Å². The average molecular weight is 383 g/mol. The summed E-state index contributed by atoms with van der Waals surface area (Å²) in [6.45, 7) is 3.52. The monoisotopic (exact) mass is 383 g/mol. The summed E-state index contributed by atoms with van der Waals surface area (Å²) in [6.07, 6.45) is 6.07. The summed E-state index contributed by atoms with van der Waals surface area (Å²) < 4.78 is 39.1. The van der Waals surface area contributed by atoms with Crippen LogP contribution in [0.1, 0.15) is 26.2 Å². The number of allylic oxidation sites excluding steroid dienone is 2. The number of likely N-dealkylation sites (tertiary alicyclic amines) is 2. The fraction of sp³-hybridized carbons (Fsp3) is 0.700. The molecule has 0 aromatic carbocycles. The van der Waals surface area contributed by atoms with E-state index in [-0.39, 0.29) is 24.1 Å². The van der Waals surface area contributed by atoms with Crippen LogP contribution in [0.5, 0.6) is 0 Å². The maximum absolute atomic E-state index is 13.0. The third-order valence-corrected chi connectivity index (χ3v) is 6.20. The van der Waals surface area contributed by atoms with Gasteiger partial charge < -0.3 is 20.2 Å². The van der Waals surface area contributed by atoms with Crippen LogP contribution in [0.3, 0.4) is 0 Å². The van der Waals surface area contributed by atoms with Crippen LogP contribution in [0.2, 0.25) is 0 Å². The molecule has 4 nitrogen and oxygen atoms in total. The molecular formula is C20H28F3N3O. The zero-order chi connectivity index (χ0) is 19.2. The van der Waals surface area contributed by atoms with Gasteiger partial charge in [0.2, 0.25) is 0 Å². The average Bonchev–Trinajstić information content (AvgIpc) is 2.86. The number of β-amino-alcohol motifs (C(OH)–C–C–N with tert-alkyl or cyclic N) is 1. The fourth-order valence-electron chi connectivity index (χ4n) is 5.04. The van der Waals surface area contributed by atoms with Gasteiger partial charge in [-0.15, -0.1) is 0 Å². The molecule has 4 unspecified atom stereocenters. The number of fused-ring (bicyclic) bond motifs is 2. The van der Waals surface area contributed by atoms with Crippen molar-refractivity contribution in [3.8, 4) is 0 Å². The van der Waals surface area contributed by atoms with Crippen molar-refractivity contribution in [1.29, 1.82) is 0 Å². The second-order valence-electron chi connectivity index (χ2n) is 8.34. The first kappa shape index (κ1) is 19.0. The van der Waals surface area contributed by atoms with Gasteiger partial charge in [0.05, 0.1) is 6.10 Å². The van der Waals surface area contributed by atoms with E-state index in [0.29, 0.717) is 12.6 Å². The van der Waals surface area contributed by atoms with Crippen molar-refractivity contribution in [2.45, 2.75) is 56.6 Å². The minimum absolute atomic E-state index is 0.0952. The number of nitrogens with one attached hydrogen (secondary N) is 1. The maximum atomic E-state index is 13.0. The van der Waals surface area contributed by atoms with Gasteiger partial charge in [0.15, 0.2) is 0 Å². The molecule has 0 aromatic heterocycles. The van der Waals surface area contributed by atoms with Gasteiger partial charge in [-0.25, -0.2) is 0 Å². The maximum Gasteiger partial charge on any atom is 0.405 e. The zero-order valence-electron chi connectivity index (χ0n) is 15.6. The first-order valence-electron chi connectivity index (χ1n) is 9.90. The van der Waals surface area contributed by atoms with Gasteiger partial charge in [-0.1, -0.05) is 18.2 Å². The van der Waals surface area contributed by atoms with Gasteiger partial charge >= 0.3 is 6.18 Å².